The molecule has 2 aromatic rings. The number of ketones is 1. The average molecular weight is 337 g/mol. The summed E-state index contributed by atoms with van der Waals surface area (Å²) in [6.07, 6.45) is 6.90. The van der Waals surface area contributed by atoms with Crippen molar-refractivity contribution < 1.29 is 9.18 Å². The molecule has 0 amide bonds. The van der Waals surface area contributed by atoms with Gasteiger partial charge in [0.05, 0.1) is 0 Å². The van der Waals surface area contributed by atoms with E-state index in [0.717, 1.165) is 32.2 Å². The van der Waals surface area contributed by atoms with Gasteiger partial charge < -0.3 is 5.32 Å². The molecule has 3 rings (SSSR count). The minimum atomic E-state index is -0.307. The van der Waals surface area contributed by atoms with E-state index >= 15 is 0 Å². The summed E-state index contributed by atoms with van der Waals surface area (Å²) in [5, 5.41) is 3.55. The quantitative estimate of drug-likeness (QED) is 0.568. The van der Waals surface area contributed by atoms with Gasteiger partial charge in [0.15, 0.2) is 5.78 Å². The van der Waals surface area contributed by atoms with Crippen LogP contribution in [-0.2, 0) is 0 Å². The van der Waals surface area contributed by atoms with Crippen molar-refractivity contribution in [2.45, 2.75) is 38.1 Å². The Morgan fingerprint density at radius 1 is 1.08 bits per heavy atom. The Hall–Kier alpha value is -2.26. The number of carbonyl (C=O) groups is 1. The predicted molar refractivity (Wildman–Crippen MR) is 100 cm³/mol. The van der Waals surface area contributed by atoms with Crippen molar-refractivity contribution in [3.05, 3.63) is 77.6 Å². The second-order valence-electron chi connectivity index (χ2n) is 6.55. The first kappa shape index (κ1) is 17.6. The summed E-state index contributed by atoms with van der Waals surface area (Å²) in [7, 11) is 0. The minimum absolute atomic E-state index is 0.0803. The largest absolute Gasteiger partial charge is 0.314 e. The molecular weight excluding hydrogens is 313 g/mol. The Bertz CT molecular complexity index is 721. The predicted octanol–water partition coefficient (Wildman–Crippen LogP) is 5.01. The molecule has 3 heteroatoms. The van der Waals surface area contributed by atoms with Crippen LogP contribution in [0.3, 0.4) is 0 Å². The first-order chi connectivity index (χ1) is 12.2. The second-order valence-corrected chi connectivity index (χ2v) is 6.55. The Balaban J connectivity index is 1.38. The summed E-state index contributed by atoms with van der Waals surface area (Å²) < 4.78 is 12.9. The maximum Gasteiger partial charge on any atom is 0.162 e. The van der Waals surface area contributed by atoms with E-state index in [1.165, 1.54) is 23.3 Å². The maximum atomic E-state index is 12.9. The van der Waals surface area contributed by atoms with E-state index in [4.69, 9.17) is 0 Å². The third kappa shape index (κ3) is 5.10. The van der Waals surface area contributed by atoms with Gasteiger partial charge in [0, 0.05) is 18.0 Å². The molecule has 1 atom stereocenters. The van der Waals surface area contributed by atoms with E-state index in [2.05, 4.69) is 35.7 Å². The molecule has 1 N–H and O–H groups in total. The van der Waals surface area contributed by atoms with Crippen LogP contribution in [0.1, 0.15) is 48.0 Å². The van der Waals surface area contributed by atoms with E-state index in [1.807, 2.05) is 6.07 Å². The second kappa shape index (κ2) is 8.72. The molecule has 0 saturated carbocycles. The summed E-state index contributed by atoms with van der Waals surface area (Å²) in [6, 6.07) is 16.8. The standard InChI is InChI=1S/C22H24FNO/c23-20-12-8-19(9-13-20)22(25)7-4-16-24-21-14-10-18(11-15-21)17-5-2-1-3-6-17/h1-3,5-6,8-10,12-13,21,24H,4,7,11,14-16H2. The summed E-state index contributed by atoms with van der Waals surface area (Å²) in [5.41, 5.74) is 3.35. The van der Waals surface area contributed by atoms with Crippen LogP contribution in [0.5, 0.6) is 0 Å². The highest BCUT2D eigenvalue weighted by Crippen LogP contribution is 2.26. The zero-order valence-electron chi connectivity index (χ0n) is 14.4. The van der Waals surface area contributed by atoms with Crippen LogP contribution in [0.15, 0.2) is 60.7 Å². The van der Waals surface area contributed by atoms with Gasteiger partial charge in [-0.25, -0.2) is 4.39 Å². The first-order valence-corrected chi connectivity index (χ1v) is 8.99. The van der Waals surface area contributed by atoms with Gasteiger partial charge in [-0.15, -0.1) is 0 Å². The number of halogens is 1. The Morgan fingerprint density at radius 2 is 1.84 bits per heavy atom. The van der Waals surface area contributed by atoms with Gasteiger partial charge in [-0.2, -0.15) is 0 Å². The Labute approximate surface area is 148 Å². The average Bonchev–Trinajstić information content (AvgIpc) is 2.67. The van der Waals surface area contributed by atoms with Gasteiger partial charge in [0.2, 0.25) is 0 Å². The van der Waals surface area contributed by atoms with Crippen LogP contribution in [0.2, 0.25) is 0 Å². The lowest BCUT2D eigenvalue weighted by Gasteiger charge is -2.23. The topological polar surface area (TPSA) is 29.1 Å². The van der Waals surface area contributed by atoms with Crippen LogP contribution in [0.25, 0.3) is 5.57 Å². The monoisotopic (exact) mass is 337 g/mol. The Morgan fingerprint density at radius 3 is 2.52 bits per heavy atom. The van der Waals surface area contributed by atoms with Crippen LogP contribution in [0, 0.1) is 5.82 Å². The summed E-state index contributed by atoms with van der Waals surface area (Å²) in [5.74, 6) is -0.227. The fourth-order valence-electron chi connectivity index (χ4n) is 3.27. The minimum Gasteiger partial charge on any atom is -0.314 e. The van der Waals surface area contributed by atoms with Crippen molar-refractivity contribution >= 4 is 11.4 Å². The third-order valence-corrected chi connectivity index (χ3v) is 4.74. The zero-order chi connectivity index (χ0) is 17.5. The van der Waals surface area contributed by atoms with Crippen LogP contribution < -0.4 is 5.32 Å². The van der Waals surface area contributed by atoms with Gasteiger partial charge in [0.1, 0.15) is 5.82 Å². The van der Waals surface area contributed by atoms with Crippen molar-refractivity contribution in [2.24, 2.45) is 0 Å². The van der Waals surface area contributed by atoms with E-state index in [1.54, 1.807) is 12.1 Å². The number of hydrogen-bond acceptors (Lipinski definition) is 2. The third-order valence-electron chi connectivity index (χ3n) is 4.74. The molecule has 25 heavy (non-hydrogen) atoms. The molecule has 130 valence electrons. The van der Waals surface area contributed by atoms with Crippen LogP contribution in [-0.4, -0.2) is 18.4 Å². The molecule has 1 aliphatic rings. The molecular formula is C22H24FNO. The molecule has 2 nitrogen and oxygen atoms in total. The molecule has 0 bridgehead atoms. The molecule has 0 saturated heterocycles. The van der Waals surface area contributed by atoms with Gasteiger partial charge in [-0.3, -0.25) is 4.79 Å². The van der Waals surface area contributed by atoms with Crippen LogP contribution in [0.4, 0.5) is 4.39 Å². The van der Waals surface area contributed by atoms with Crippen molar-refractivity contribution in [1.29, 1.82) is 0 Å². The number of benzene rings is 2. The lowest BCUT2D eigenvalue weighted by Crippen LogP contribution is -2.31. The van der Waals surface area contributed by atoms with Crippen LogP contribution >= 0.6 is 0 Å². The normalized spacial score (nSPS) is 17.2. The number of allylic oxidation sites excluding steroid dienone is 1. The van der Waals surface area contributed by atoms with Crippen molar-refractivity contribution in [2.75, 3.05) is 6.54 Å². The van der Waals surface area contributed by atoms with E-state index in [-0.39, 0.29) is 11.6 Å². The summed E-state index contributed by atoms with van der Waals surface area (Å²) in [4.78, 5) is 12.0. The molecule has 0 fully saturated rings. The number of rotatable bonds is 7. The zero-order valence-corrected chi connectivity index (χ0v) is 14.4. The van der Waals surface area contributed by atoms with Crippen molar-refractivity contribution in [3.63, 3.8) is 0 Å². The lowest BCUT2D eigenvalue weighted by atomic mass is 9.90. The van der Waals surface area contributed by atoms with Crippen molar-refractivity contribution in [3.8, 4) is 0 Å². The highest BCUT2D eigenvalue weighted by molar-refractivity contribution is 5.95. The molecule has 0 radical (unpaired) electrons. The molecule has 2 aromatic carbocycles. The molecule has 1 unspecified atom stereocenters. The fraction of sp³-hybridized carbons (Fsp3) is 0.318. The Kier molecular flexibility index (Phi) is 6.13. The molecule has 0 aromatic heterocycles. The van der Waals surface area contributed by atoms with E-state index in [0.29, 0.717) is 18.0 Å². The van der Waals surface area contributed by atoms with E-state index < -0.39 is 0 Å². The van der Waals surface area contributed by atoms with Crippen molar-refractivity contribution in [1.82, 2.24) is 5.32 Å². The molecule has 1 aliphatic carbocycles. The molecule has 0 heterocycles. The highest BCUT2D eigenvalue weighted by atomic mass is 19.1. The van der Waals surface area contributed by atoms with Gasteiger partial charge in [-0.05, 0) is 67.6 Å². The van der Waals surface area contributed by atoms with Gasteiger partial charge in [-0.1, -0.05) is 36.4 Å². The SMILES string of the molecule is O=C(CCCNC1CC=C(c2ccccc2)CC1)c1ccc(F)cc1. The smallest absolute Gasteiger partial charge is 0.162 e. The summed E-state index contributed by atoms with van der Waals surface area (Å²) >= 11 is 0. The number of nitrogens with one attached hydrogen (secondary N) is 1. The van der Waals surface area contributed by atoms with Gasteiger partial charge in [0.25, 0.3) is 0 Å². The molecule has 0 spiro atoms. The molecule has 0 aliphatic heterocycles. The number of carbonyl (C=O) groups excluding carboxylic acids is 1. The lowest BCUT2D eigenvalue weighted by molar-refractivity contribution is 0.0979. The highest BCUT2D eigenvalue weighted by Gasteiger charge is 2.15. The fourth-order valence-corrected chi connectivity index (χ4v) is 3.27. The maximum absolute atomic E-state index is 12.9. The number of Topliss-reactive ketones (excluding diaryl/α,β-unsaturated/α-hetero) is 1. The van der Waals surface area contributed by atoms with Gasteiger partial charge >= 0.3 is 0 Å². The van der Waals surface area contributed by atoms with E-state index in [9.17, 15) is 9.18 Å². The summed E-state index contributed by atoms with van der Waals surface area (Å²) in [6.45, 7) is 0.839. The number of hydrogen-bond donors (Lipinski definition) is 1. The first-order valence-electron chi connectivity index (χ1n) is 8.99.